The van der Waals surface area contributed by atoms with Gasteiger partial charge in [-0.3, -0.25) is 0 Å². The van der Waals surface area contributed by atoms with Gasteiger partial charge in [-0.05, 0) is 25.0 Å². The summed E-state index contributed by atoms with van der Waals surface area (Å²) in [6.07, 6.45) is -4.32. The van der Waals surface area contributed by atoms with Gasteiger partial charge in [0, 0.05) is 31.7 Å². The van der Waals surface area contributed by atoms with Crippen LogP contribution in [0.25, 0.3) is 11.6 Å². The highest BCUT2D eigenvalue weighted by atomic mass is 32.2. The molecule has 1 aromatic carbocycles. The quantitative estimate of drug-likeness (QED) is 0.538. The standard InChI is InChI=1S/C19H21F3N8O3S/c1-29(13-5-3-2-4-6-13)18-26-14(25-17(23)27-18)15-24-16(33-28-15)12-7-9-30(10-8-12)34(31,32)11-19(20,21)22/h2-6,12H,7-11H2,1H3,(H2,23,25,26,27). The monoisotopic (exact) mass is 498 g/mol. The highest BCUT2D eigenvalue weighted by molar-refractivity contribution is 7.89. The minimum atomic E-state index is -4.79. The van der Waals surface area contributed by atoms with E-state index in [-0.39, 0.29) is 61.3 Å². The maximum absolute atomic E-state index is 12.5. The number of piperidine rings is 1. The van der Waals surface area contributed by atoms with E-state index in [0.29, 0.717) is 0 Å². The van der Waals surface area contributed by atoms with Crippen LogP contribution in [0.15, 0.2) is 34.9 Å². The summed E-state index contributed by atoms with van der Waals surface area (Å²) in [5.74, 6) is -1.59. The molecule has 2 aromatic heterocycles. The Bertz CT molecular complexity index is 1250. The molecule has 11 nitrogen and oxygen atoms in total. The maximum Gasteiger partial charge on any atom is 0.404 e. The van der Waals surface area contributed by atoms with E-state index in [4.69, 9.17) is 10.3 Å². The lowest BCUT2D eigenvalue weighted by atomic mass is 9.98. The van der Waals surface area contributed by atoms with E-state index in [9.17, 15) is 21.6 Å². The van der Waals surface area contributed by atoms with Crippen LogP contribution in [0, 0.1) is 0 Å². The van der Waals surface area contributed by atoms with E-state index in [1.54, 1.807) is 11.9 Å². The number of nitrogens with two attached hydrogens (primary N) is 1. The number of alkyl halides is 3. The second-order valence-electron chi connectivity index (χ2n) is 7.71. The minimum Gasteiger partial charge on any atom is -0.368 e. The zero-order chi connectivity index (χ0) is 24.5. The van der Waals surface area contributed by atoms with Gasteiger partial charge < -0.3 is 15.2 Å². The predicted octanol–water partition coefficient (Wildman–Crippen LogP) is 2.34. The van der Waals surface area contributed by atoms with Crippen molar-refractivity contribution in [2.24, 2.45) is 0 Å². The number of anilines is 3. The van der Waals surface area contributed by atoms with Crippen LogP contribution in [0.4, 0.5) is 30.8 Å². The number of para-hydroxylation sites is 1. The van der Waals surface area contributed by atoms with E-state index in [0.717, 1.165) is 9.99 Å². The van der Waals surface area contributed by atoms with E-state index in [1.165, 1.54) is 0 Å². The fourth-order valence-corrected chi connectivity index (χ4v) is 4.93. The third-order valence-corrected chi connectivity index (χ3v) is 7.11. The molecule has 0 aliphatic carbocycles. The first kappa shape index (κ1) is 23.8. The minimum absolute atomic E-state index is 0.0442. The number of halogens is 3. The van der Waals surface area contributed by atoms with Gasteiger partial charge in [0.1, 0.15) is 0 Å². The van der Waals surface area contributed by atoms with Crippen molar-refractivity contribution in [3.63, 3.8) is 0 Å². The summed E-state index contributed by atoms with van der Waals surface area (Å²) in [7, 11) is -2.67. The Labute approximate surface area is 192 Å². The van der Waals surface area contributed by atoms with Gasteiger partial charge in [-0.1, -0.05) is 23.4 Å². The summed E-state index contributed by atoms with van der Waals surface area (Å²) in [4.78, 5) is 18.6. The van der Waals surface area contributed by atoms with Gasteiger partial charge >= 0.3 is 6.18 Å². The molecule has 3 heterocycles. The molecule has 182 valence electrons. The molecule has 0 spiro atoms. The van der Waals surface area contributed by atoms with Crippen molar-refractivity contribution in [1.29, 1.82) is 0 Å². The molecule has 3 aromatic rings. The molecule has 1 aliphatic heterocycles. The smallest absolute Gasteiger partial charge is 0.368 e. The van der Waals surface area contributed by atoms with Crippen LogP contribution in [-0.4, -0.2) is 69.9 Å². The number of nitrogens with zero attached hydrogens (tertiary/aromatic N) is 7. The Morgan fingerprint density at radius 1 is 1.09 bits per heavy atom. The number of aromatic nitrogens is 5. The lowest BCUT2D eigenvalue weighted by Gasteiger charge is -2.29. The molecule has 2 N–H and O–H groups in total. The Morgan fingerprint density at radius 3 is 2.41 bits per heavy atom. The Hall–Kier alpha value is -3.33. The number of sulfonamides is 1. The van der Waals surface area contributed by atoms with Gasteiger partial charge in [-0.25, -0.2) is 12.7 Å². The topological polar surface area (TPSA) is 144 Å². The lowest BCUT2D eigenvalue weighted by molar-refractivity contribution is -0.107. The summed E-state index contributed by atoms with van der Waals surface area (Å²) in [5, 5.41) is 3.90. The molecule has 0 atom stereocenters. The molecule has 4 rings (SSSR count). The normalized spacial score (nSPS) is 16.0. The van der Waals surface area contributed by atoms with E-state index in [1.807, 2.05) is 30.3 Å². The van der Waals surface area contributed by atoms with Crippen molar-refractivity contribution in [2.45, 2.75) is 24.9 Å². The lowest BCUT2D eigenvalue weighted by Crippen LogP contribution is -2.42. The van der Waals surface area contributed by atoms with Crippen molar-refractivity contribution in [2.75, 3.05) is 36.5 Å². The zero-order valence-electron chi connectivity index (χ0n) is 18.0. The van der Waals surface area contributed by atoms with E-state index < -0.39 is 22.0 Å². The van der Waals surface area contributed by atoms with Crippen molar-refractivity contribution in [3.05, 3.63) is 36.2 Å². The van der Waals surface area contributed by atoms with Gasteiger partial charge in [-0.15, -0.1) is 0 Å². The number of nitrogen functional groups attached to an aromatic ring is 1. The molecule has 34 heavy (non-hydrogen) atoms. The van der Waals surface area contributed by atoms with Gasteiger partial charge in [0.05, 0.1) is 0 Å². The van der Waals surface area contributed by atoms with Crippen LogP contribution >= 0.6 is 0 Å². The van der Waals surface area contributed by atoms with Crippen LogP contribution in [-0.2, 0) is 10.0 Å². The van der Waals surface area contributed by atoms with Gasteiger partial charge in [-0.2, -0.15) is 33.1 Å². The molecular weight excluding hydrogens is 477 g/mol. The van der Waals surface area contributed by atoms with Crippen LogP contribution in [0.3, 0.4) is 0 Å². The van der Waals surface area contributed by atoms with E-state index >= 15 is 0 Å². The van der Waals surface area contributed by atoms with E-state index in [2.05, 4.69) is 25.1 Å². The van der Waals surface area contributed by atoms with Crippen LogP contribution in [0.5, 0.6) is 0 Å². The SMILES string of the molecule is CN(c1ccccc1)c1nc(N)nc(-c2noc(C3CCN(S(=O)(=O)CC(F)(F)F)CC3)n2)n1. The maximum atomic E-state index is 12.5. The summed E-state index contributed by atoms with van der Waals surface area (Å²) < 4.78 is 67.7. The van der Waals surface area contributed by atoms with Gasteiger partial charge in [0.15, 0.2) is 5.75 Å². The number of benzene rings is 1. The highest BCUT2D eigenvalue weighted by Gasteiger charge is 2.40. The number of hydrogen-bond acceptors (Lipinski definition) is 10. The van der Waals surface area contributed by atoms with Gasteiger partial charge in [0.25, 0.3) is 0 Å². The fourth-order valence-electron chi connectivity index (χ4n) is 3.57. The second kappa shape index (κ2) is 9.13. The summed E-state index contributed by atoms with van der Waals surface area (Å²) in [5.41, 5.74) is 6.66. The number of hydrogen-bond donors (Lipinski definition) is 1. The molecule has 0 amide bonds. The average molecular weight is 498 g/mol. The highest BCUT2D eigenvalue weighted by Crippen LogP contribution is 2.31. The Morgan fingerprint density at radius 2 is 1.76 bits per heavy atom. The molecule has 0 saturated carbocycles. The molecule has 15 heteroatoms. The Balaban J connectivity index is 1.48. The molecule has 0 radical (unpaired) electrons. The fraction of sp³-hybridized carbons (Fsp3) is 0.421. The number of rotatable bonds is 6. The third kappa shape index (κ3) is 5.41. The first-order valence-electron chi connectivity index (χ1n) is 10.2. The molecule has 1 saturated heterocycles. The first-order chi connectivity index (χ1) is 16.0. The van der Waals surface area contributed by atoms with Crippen molar-refractivity contribution >= 4 is 27.6 Å². The molecule has 1 fully saturated rings. The van der Waals surface area contributed by atoms with Gasteiger partial charge in [0.2, 0.25) is 39.5 Å². The van der Waals surface area contributed by atoms with Crippen LogP contribution < -0.4 is 10.6 Å². The molecule has 1 aliphatic rings. The summed E-state index contributed by atoms with van der Waals surface area (Å²) >= 11 is 0. The zero-order valence-corrected chi connectivity index (χ0v) is 18.8. The summed E-state index contributed by atoms with van der Waals surface area (Å²) in [6, 6.07) is 9.34. The summed E-state index contributed by atoms with van der Waals surface area (Å²) in [6.45, 7) is -0.156. The van der Waals surface area contributed by atoms with Crippen LogP contribution in [0.2, 0.25) is 0 Å². The average Bonchev–Trinajstić information content (AvgIpc) is 3.28. The van der Waals surface area contributed by atoms with Crippen molar-refractivity contribution in [1.82, 2.24) is 29.4 Å². The third-order valence-electron chi connectivity index (χ3n) is 5.27. The predicted molar refractivity (Wildman–Crippen MR) is 115 cm³/mol. The van der Waals surface area contributed by atoms with Crippen LogP contribution in [0.1, 0.15) is 24.7 Å². The Kier molecular flexibility index (Phi) is 6.40. The van der Waals surface area contributed by atoms with Crippen molar-refractivity contribution in [3.8, 4) is 11.6 Å². The largest absolute Gasteiger partial charge is 0.404 e. The first-order valence-corrected chi connectivity index (χ1v) is 11.8. The molecule has 0 bridgehead atoms. The second-order valence-corrected chi connectivity index (χ2v) is 9.68. The van der Waals surface area contributed by atoms with Crippen molar-refractivity contribution < 1.29 is 26.1 Å². The molecule has 0 unspecified atom stereocenters. The molecular formula is C19H21F3N8O3S.